The van der Waals surface area contributed by atoms with Crippen LogP contribution in [-0.2, 0) is 0 Å². The minimum Gasteiger partial charge on any atom is -0.396 e. The highest BCUT2D eigenvalue weighted by molar-refractivity contribution is 4.88. The molecular formula is C15H30N2O. The Morgan fingerprint density at radius 3 is 2.50 bits per heavy atom. The van der Waals surface area contributed by atoms with Gasteiger partial charge in [0.2, 0.25) is 0 Å². The predicted molar refractivity (Wildman–Crippen MR) is 75.8 cm³/mol. The number of likely N-dealkylation sites (N-methyl/N-ethyl adjacent to an activating group) is 1. The highest BCUT2D eigenvalue weighted by Gasteiger charge is 2.35. The molecule has 0 bridgehead atoms. The van der Waals surface area contributed by atoms with Gasteiger partial charge < -0.3 is 10.0 Å². The minimum absolute atomic E-state index is 0.204. The summed E-state index contributed by atoms with van der Waals surface area (Å²) in [5, 5.41) is 9.84. The van der Waals surface area contributed by atoms with Crippen molar-refractivity contribution in [1.82, 2.24) is 9.80 Å². The van der Waals surface area contributed by atoms with Gasteiger partial charge in [-0.15, -0.1) is 0 Å². The molecule has 1 heterocycles. The first-order chi connectivity index (χ1) is 8.65. The van der Waals surface area contributed by atoms with Crippen molar-refractivity contribution in [2.45, 2.75) is 51.5 Å². The summed E-state index contributed by atoms with van der Waals surface area (Å²) in [4.78, 5) is 5.07. The number of hydrogen-bond acceptors (Lipinski definition) is 3. The molecule has 18 heavy (non-hydrogen) atoms. The predicted octanol–water partition coefficient (Wildman–Crippen LogP) is 1.96. The third-order valence-corrected chi connectivity index (χ3v) is 4.97. The first kappa shape index (κ1) is 14.3. The lowest BCUT2D eigenvalue weighted by atomic mass is 9.74. The zero-order valence-corrected chi connectivity index (χ0v) is 12.2. The minimum atomic E-state index is 0.204. The summed E-state index contributed by atoms with van der Waals surface area (Å²) in [6.07, 6.45) is 7.69. The van der Waals surface area contributed by atoms with Crippen molar-refractivity contribution in [3.63, 3.8) is 0 Å². The zero-order chi connectivity index (χ0) is 13.0. The molecule has 2 rings (SSSR count). The molecule has 2 aliphatic rings. The SMILES string of the molecule is CC1CN(C)CCCN1CC1(CO)CCCCC1. The molecular weight excluding hydrogens is 224 g/mol. The molecule has 2 fully saturated rings. The quantitative estimate of drug-likeness (QED) is 0.834. The van der Waals surface area contributed by atoms with Crippen LogP contribution in [0.25, 0.3) is 0 Å². The first-order valence-electron chi connectivity index (χ1n) is 7.69. The van der Waals surface area contributed by atoms with Crippen LogP contribution in [0.4, 0.5) is 0 Å². The van der Waals surface area contributed by atoms with Crippen molar-refractivity contribution in [2.24, 2.45) is 5.41 Å². The molecule has 0 radical (unpaired) electrons. The van der Waals surface area contributed by atoms with E-state index in [9.17, 15) is 5.11 Å². The summed E-state index contributed by atoms with van der Waals surface area (Å²) >= 11 is 0. The van der Waals surface area contributed by atoms with E-state index < -0.39 is 0 Å². The lowest BCUT2D eigenvalue weighted by Crippen LogP contribution is -2.47. The topological polar surface area (TPSA) is 26.7 Å². The average Bonchev–Trinajstić information content (AvgIpc) is 2.52. The number of aliphatic hydroxyl groups is 1. The highest BCUT2D eigenvalue weighted by Crippen LogP contribution is 2.37. The normalized spacial score (nSPS) is 31.2. The van der Waals surface area contributed by atoms with Gasteiger partial charge in [-0.25, -0.2) is 0 Å². The van der Waals surface area contributed by atoms with Crippen molar-refractivity contribution >= 4 is 0 Å². The van der Waals surface area contributed by atoms with Gasteiger partial charge in [-0.05, 0) is 46.3 Å². The number of nitrogens with zero attached hydrogens (tertiary/aromatic N) is 2. The van der Waals surface area contributed by atoms with Gasteiger partial charge in [0, 0.05) is 31.2 Å². The third kappa shape index (κ3) is 3.46. The van der Waals surface area contributed by atoms with Crippen molar-refractivity contribution in [2.75, 3.05) is 39.8 Å². The molecule has 0 amide bonds. The van der Waals surface area contributed by atoms with Crippen LogP contribution in [0, 0.1) is 5.41 Å². The van der Waals surface area contributed by atoms with Crippen LogP contribution in [0.1, 0.15) is 45.4 Å². The van der Waals surface area contributed by atoms with E-state index in [1.807, 2.05) is 0 Å². The second-order valence-electron chi connectivity index (χ2n) is 6.65. The second-order valence-corrected chi connectivity index (χ2v) is 6.65. The fourth-order valence-electron chi connectivity index (χ4n) is 3.76. The number of aliphatic hydroxyl groups excluding tert-OH is 1. The van der Waals surface area contributed by atoms with E-state index in [4.69, 9.17) is 0 Å². The van der Waals surface area contributed by atoms with E-state index >= 15 is 0 Å². The molecule has 0 aromatic heterocycles. The van der Waals surface area contributed by atoms with Gasteiger partial charge in [0.15, 0.2) is 0 Å². The first-order valence-corrected chi connectivity index (χ1v) is 7.69. The van der Waals surface area contributed by atoms with Gasteiger partial charge in [-0.2, -0.15) is 0 Å². The number of rotatable bonds is 3. The van der Waals surface area contributed by atoms with E-state index in [-0.39, 0.29) is 5.41 Å². The summed E-state index contributed by atoms with van der Waals surface area (Å²) in [6.45, 7) is 7.42. The van der Waals surface area contributed by atoms with E-state index in [0.29, 0.717) is 12.6 Å². The van der Waals surface area contributed by atoms with Gasteiger partial charge in [-0.1, -0.05) is 19.3 Å². The molecule has 1 saturated heterocycles. The molecule has 1 saturated carbocycles. The monoisotopic (exact) mass is 254 g/mol. The Morgan fingerprint density at radius 1 is 1.11 bits per heavy atom. The van der Waals surface area contributed by atoms with E-state index in [0.717, 1.165) is 6.54 Å². The van der Waals surface area contributed by atoms with Crippen LogP contribution in [0.15, 0.2) is 0 Å². The van der Waals surface area contributed by atoms with Crippen molar-refractivity contribution in [1.29, 1.82) is 0 Å². The molecule has 0 aromatic carbocycles. The Bertz CT molecular complexity index is 251. The van der Waals surface area contributed by atoms with Gasteiger partial charge in [0.25, 0.3) is 0 Å². The van der Waals surface area contributed by atoms with Gasteiger partial charge >= 0.3 is 0 Å². The largest absolute Gasteiger partial charge is 0.396 e. The molecule has 1 unspecified atom stereocenters. The Kier molecular flexibility index (Phi) is 5.05. The average molecular weight is 254 g/mol. The Morgan fingerprint density at radius 2 is 1.83 bits per heavy atom. The standard InChI is InChI=1S/C15H30N2O/c1-14-11-16(2)9-6-10-17(14)12-15(13-18)7-4-3-5-8-15/h14,18H,3-13H2,1-2H3. The molecule has 0 aromatic rings. The fourth-order valence-corrected chi connectivity index (χ4v) is 3.76. The lowest BCUT2D eigenvalue weighted by molar-refractivity contribution is 0.0286. The van der Waals surface area contributed by atoms with Gasteiger partial charge in [0.05, 0.1) is 0 Å². The smallest absolute Gasteiger partial charge is 0.0499 e. The van der Waals surface area contributed by atoms with E-state index in [1.54, 1.807) is 0 Å². The molecule has 1 N–H and O–H groups in total. The maximum atomic E-state index is 9.84. The van der Waals surface area contributed by atoms with Crippen molar-refractivity contribution in [3.05, 3.63) is 0 Å². The van der Waals surface area contributed by atoms with Crippen LogP contribution in [0.3, 0.4) is 0 Å². The Balaban J connectivity index is 1.97. The van der Waals surface area contributed by atoms with Crippen molar-refractivity contribution in [3.8, 4) is 0 Å². The van der Waals surface area contributed by atoms with Crippen LogP contribution >= 0.6 is 0 Å². The molecule has 1 aliphatic carbocycles. The lowest BCUT2D eigenvalue weighted by Gasteiger charge is -2.41. The summed E-state index contributed by atoms with van der Waals surface area (Å²) in [7, 11) is 2.22. The Labute approximate surface area is 112 Å². The van der Waals surface area contributed by atoms with Crippen LogP contribution in [-0.4, -0.2) is 60.8 Å². The maximum absolute atomic E-state index is 9.84. The Hall–Kier alpha value is -0.120. The second kappa shape index (κ2) is 6.36. The molecule has 0 spiro atoms. The summed E-state index contributed by atoms with van der Waals surface area (Å²) in [5.41, 5.74) is 0.204. The van der Waals surface area contributed by atoms with Crippen LogP contribution in [0.2, 0.25) is 0 Å². The van der Waals surface area contributed by atoms with Crippen LogP contribution < -0.4 is 0 Å². The maximum Gasteiger partial charge on any atom is 0.0499 e. The van der Waals surface area contributed by atoms with Crippen molar-refractivity contribution < 1.29 is 5.11 Å². The number of hydrogen-bond donors (Lipinski definition) is 1. The third-order valence-electron chi connectivity index (χ3n) is 4.97. The van der Waals surface area contributed by atoms with Gasteiger partial charge in [-0.3, -0.25) is 4.90 Å². The summed E-state index contributed by atoms with van der Waals surface area (Å²) < 4.78 is 0. The van der Waals surface area contributed by atoms with E-state index in [1.165, 1.54) is 58.2 Å². The highest BCUT2D eigenvalue weighted by atomic mass is 16.3. The molecule has 1 atom stereocenters. The van der Waals surface area contributed by atoms with Crippen LogP contribution in [0.5, 0.6) is 0 Å². The summed E-state index contributed by atoms with van der Waals surface area (Å²) in [5.74, 6) is 0. The zero-order valence-electron chi connectivity index (χ0n) is 12.2. The van der Waals surface area contributed by atoms with E-state index in [2.05, 4.69) is 23.8 Å². The molecule has 3 heteroatoms. The molecule has 3 nitrogen and oxygen atoms in total. The molecule has 1 aliphatic heterocycles. The molecule has 106 valence electrons. The van der Waals surface area contributed by atoms with Gasteiger partial charge in [0.1, 0.15) is 0 Å². The fraction of sp³-hybridized carbons (Fsp3) is 1.00. The summed E-state index contributed by atoms with van der Waals surface area (Å²) in [6, 6.07) is 0.628.